The molecular formula is C10H8F2N4O2. The fourth-order valence-electron chi connectivity index (χ4n) is 1.36. The molecule has 1 aromatic carbocycles. The number of methoxy groups -OCH3 is 1. The lowest BCUT2D eigenvalue weighted by Crippen LogP contribution is -2.07. The molecule has 1 aromatic heterocycles. The molecule has 0 bridgehead atoms. The van der Waals surface area contributed by atoms with Gasteiger partial charge in [0.15, 0.2) is 11.6 Å². The number of halogens is 2. The van der Waals surface area contributed by atoms with E-state index in [9.17, 15) is 13.6 Å². The molecule has 6 nitrogen and oxygen atoms in total. The van der Waals surface area contributed by atoms with Crippen LogP contribution in [-0.4, -0.2) is 27.8 Å². The summed E-state index contributed by atoms with van der Waals surface area (Å²) in [6.45, 7) is 0. The number of hydrogen-bond acceptors (Lipinski definition) is 5. The third kappa shape index (κ3) is 1.99. The number of rotatable bonds is 2. The summed E-state index contributed by atoms with van der Waals surface area (Å²) in [7, 11) is 1.15. The van der Waals surface area contributed by atoms with Crippen molar-refractivity contribution in [1.82, 2.24) is 14.8 Å². The molecule has 0 spiro atoms. The van der Waals surface area contributed by atoms with Crippen molar-refractivity contribution >= 4 is 11.7 Å². The normalized spacial score (nSPS) is 10.4. The van der Waals surface area contributed by atoms with Crippen molar-refractivity contribution in [3.05, 3.63) is 35.9 Å². The van der Waals surface area contributed by atoms with E-state index in [-0.39, 0.29) is 11.5 Å². The molecule has 1 heterocycles. The van der Waals surface area contributed by atoms with E-state index in [1.165, 1.54) is 0 Å². The average Bonchev–Trinajstić information content (AvgIpc) is 2.76. The van der Waals surface area contributed by atoms with Gasteiger partial charge in [0.25, 0.3) is 5.82 Å². The van der Waals surface area contributed by atoms with E-state index < -0.39 is 23.3 Å². The molecule has 0 atom stereocenters. The van der Waals surface area contributed by atoms with E-state index in [0.717, 1.165) is 30.3 Å². The Morgan fingerprint density at radius 2 is 2.00 bits per heavy atom. The number of aromatic nitrogens is 3. The van der Waals surface area contributed by atoms with Gasteiger partial charge >= 0.3 is 5.97 Å². The van der Waals surface area contributed by atoms with Gasteiger partial charge in [-0.3, -0.25) is 0 Å². The van der Waals surface area contributed by atoms with Crippen molar-refractivity contribution in [2.24, 2.45) is 0 Å². The predicted molar refractivity (Wildman–Crippen MR) is 57.0 cm³/mol. The van der Waals surface area contributed by atoms with Crippen LogP contribution in [0, 0.1) is 11.6 Å². The molecule has 8 heteroatoms. The fourth-order valence-corrected chi connectivity index (χ4v) is 1.36. The van der Waals surface area contributed by atoms with Crippen LogP contribution in [0.2, 0.25) is 0 Å². The molecule has 0 aliphatic rings. The number of nitrogens with zero attached hydrogens (tertiary/aromatic N) is 3. The highest BCUT2D eigenvalue weighted by Crippen LogP contribution is 2.20. The van der Waals surface area contributed by atoms with Crippen LogP contribution in [0.3, 0.4) is 0 Å². The Kier molecular flexibility index (Phi) is 2.92. The van der Waals surface area contributed by atoms with Crippen molar-refractivity contribution in [3.8, 4) is 5.69 Å². The van der Waals surface area contributed by atoms with Gasteiger partial charge in [-0.15, -0.1) is 5.10 Å². The first-order valence-corrected chi connectivity index (χ1v) is 4.78. The Labute approximate surface area is 100.0 Å². The molecule has 2 rings (SSSR count). The Morgan fingerprint density at radius 3 is 2.56 bits per heavy atom. The number of esters is 1. The first kappa shape index (κ1) is 12.0. The zero-order chi connectivity index (χ0) is 13.3. The topological polar surface area (TPSA) is 83.0 Å². The molecule has 0 saturated heterocycles. The summed E-state index contributed by atoms with van der Waals surface area (Å²) >= 11 is 0. The van der Waals surface area contributed by atoms with E-state index in [0.29, 0.717) is 0 Å². The average molecular weight is 254 g/mol. The highest BCUT2D eigenvalue weighted by Gasteiger charge is 2.17. The lowest BCUT2D eigenvalue weighted by atomic mass is 10.2. The Balaban J connectivity index is 2.49. The lowest BCUT2D eigenvalue weighted by molar-refractivity contribution is 0.0587. The van der Waals surface area contributed by atoms with E-state index in [1.54, 1.807) is 0 Å². The number of hydrogen-bond donors (Lipinski definition) is 1. The molecule has 0 saturated carbocycles. The maximum Gasteiger partial charge on any atom is 0.377 e. The number of anilines is 1. The second-order valence-corrected chi connectivity index (χ2v) is 3.34. The number of benzene rings is 1. The van der Waals surface area contributed by atoms with Crippen LogP contribution in [-0.2, 0) is 4.74 Å². The Hall–Kier alpha value is -2.51. The molecule has 0 radical (unpaired) electrons. The number of carbonyl (C=O) groups excluding carboxylic acids is 1. The second-order valence-electron chi connectivity index (χ2n) is 3.34. The van der Waals surface area contributed by atoms with Crippen LogP contribution in [0.4, 0.5) is 14.5 Å². The van der Waals surface area contributed by atoms with Gasteiger partial charge in [-0.2, -0.15) is 0 Å². The maximum absolute atomic E-state index is 13.6. The predicted octanol–water partition coefficient (Wildman–Crippen LogP) is 0.914. The minimum atomic E-state index is -0.909. The standard InChI is InChI=1S/C10H8F2N4O2/c1-18-10(17)9-14-4-16(15-9)8-6(11)2-5(13)3-7(8)12/h2-4H,13H2,1H3. The van der Waals surface area contributed by atoms with Crippen molar-refractivity contribution < 1.29 is 18.3 Å². The minimum Gasteiger partial charge on any atom is -0.463 e. The molecule has 0 aliphatic heterocycles. The van der Waals surface area contributed by atoms with Crippen LogP contribution >= 0.6 is 0 Å². The van der Waals surface area contributed by atoms with Crippen LogP contribution in [0.25, 0.3) is 5.69 Å². The summed E-state index contributed by atoms with van der Waals surface area (Å²) in [4.78, 5) is 14.7. The summed E-state index contributed by atoms with van der Waals surface area (Å²) in [5, 5.41) is 3.61. The third-order valence-corrected chi connectivity index (χ3v) is 2.13. The fraction of sp³-hybridized carbons (Fsp3) is 0.100. The summed E-state index contributed by atoms with van der Waals surface area (Å²) < 4.78 is 32.3. The largest absolute Gasteiger partial charge is 0.463 e. The van der Waals surface area contributed by atoms with Gasteiger partial charge in [-0.25, -0.2) is 23.2 Å². The molecule has 0 amide bonds. The van der Waals surface area contributed by atoms with Crippen LogP contribution in [0.15, 0.2) is 18.5 Å². The van der Waals surface area contributed by atoms with Gasteiger partial charge in [-0.05, 0) is 12.1 Å². The highest BCUT2D eigenvalue weighted by atomic mass is 19.1. The summed E-state index contributed by atoms with van der Waals surface area (Å²) in [6, 6.07) is 1.88. The van der Waals surface area contributed by atoms with Gasteiger partial charge in [-0.1, -0.05) is 0 Å². The zero-order valence-electron chi connectivity index (χ0n) is 9.22. The van der Waals surface area contributed by atoms with E-state index in [4.69, 9.17) is 5.73 Å². The van der Waals surface area contributed by atoms with Crippen molar-refractivity contribution in [2.75, 3.05) is 12.8 Å². The quantitative estimate of drug-likeness (QED) is 0.636. The molecule has 0 unspecified atom stereocenters. The molecule has 0 aliphatic carbocycles. The summed E-state index contributed by atoms with van der Waals surface area (Å²) in [5.41, 5.74) is 4.76. The van der Waals surface area contributed by atoms with Gasteiger partial charge in [0.05, 0.1) is 7.11 Å². The van der Waals surface area contributed by atoms with Crippen molar-refractivity contribution in [3.63, 3.8) is 0 Å². The lowest BCUT2D eigenvalue weighted by Gasteiger charge is -2.04. The molecule has 2 aromatic rings. The molecule has 0 fully saturated rings. The molecule has 2 N–H and O–H groups in total. The van der Waals surface area contributed by atoms with Gasteiger partial charge < -0.3 is 10.5 Å². The highest BCUT2D eigenvalue weighted by molar-refractivity contribution is 5.84. The molecule has 18 heavy (non-hydrogen) atoms. The van der Waals surface area contributed by atoms with Crippen molar-refractivity contribution in [1.29, 1.82) is 0 Å². The van der Waals surface area contributed by atoms with E-state index in [2.05, 4.69) is 14.8 Å². The number of carbonyl (C=O) groups is 1. The van der Waals surface area contributed by atoms with Crippen molar-refractivity contribution in [2.45, 2.75) is 0 Å². The Bertz CT molecular complexity index is 589. The first-order chi connectivity index (χ1) is 8.52. The molecule has 94 valence electrons. The van der Waals surface area contributed by atoms with Crippen LogP contribution < -0.4 is 5.73 Å². The zero-order valence-corrected chi connectivity index (χ0v) is 9.22. The van der Waals surface area contributed by atoms with E-state index in [1.807, 2.05) is 0 Å². The Morgan fingerprint density at radius 1 is 1.39 bits per heavy atom. The van der Waals surface area contributed by atoms with E-state index >= 15 is 0 Å². The third-order valence-electron chi connectivity index (χ3n) is 2.13. The monoisotopic (exact) mass is 254 g/mol. The number of nitrogens with two attached hydrogens (primary N) is 1. The first-order valence-electron chi connectivity index (χ1n) is 4.78. The number of nitrogen functional groups attached to an aromatic ring is 1. The van der Waals surface area contributed by atoms with Crippen LogP contribution in [0.5, 0.6) is 0 Å². The smallest absolute Gasteiger partial charge is 0.377 e. The summed E-state index contributed by atoms with van der Waals surface area (Å²) in [6.07, 6.45) is 1.00. The maximum atomic E-state index is 13.6. The van der Waals surface area contributed by atoms with Crippen LogP contribution in [0.1, 0.15) is 10.6 Å². The second kappa shape index (κ2) is 4.40. The number of ether oxygens (including phenoxy) is 1. The van der Waals surface area contributed by atoms with Gasteiger partial charge in [0, 0.05) is 5.69 Å². The van der Waals surface area contributed by atoms with Gasteiger partial charge in [0.2, 0.25) is 0 Å². The van der Waals surface area contributed by atoms with Gasteiger partial charge in [0.1, 0.15) is 12.0 Å². The minimum absolute atomic E-state index is 0.0537. The SMILES string of the molecule is COC(=O)c1ncn(-c2c(F)cc(N)cc2F)n1. The summed E-state index contributed by atoms with van der Waals surface area (Å²) in [5.74, 6) is -2.92. The molecular weight excluding hydrogens is 246 g/mol.